The number of nitrogens with zero attached hydrogens (tertiary/aromatic N) is 4. The molecule has 1 unspecified atom stereocenters. The average Bonchev–Trinajstić information content (AvgIpc) is 3.35. The number of amides is 1. The minimum atomic E-state index is 0.0924. The first-order chi connectivity index (χ1) is 17.7. The lowest BCUT2D eigenvalue weighted by molar-refractivity contribution is -0.121. The van der Waals surface area contributed by atoms with Crippen molar-refractivity contribution in [1.82, 2.24) is 14.9 Å². The van der Waals surface area contributed by atoms with Gasteiger partial charge in [-0.15, -0.1) is 0 Å². The van der Waals surface area contributed by atoms with Gasteiger partial charge in [0.05, 0.1) is 17.8 Å². The summed E-state index contributed by atoms with van der Waals surface area (Å²) < 4.78 is 6.25. The molecule has 1 fully saturated rings. The Bertz CT molecular complexity index is 1490. The van der Waals surface area contributed by atoms with Gasteiger partial charge in [0.15, 0.2) is 5.16 Å². The molecule has 4 heterocycles. The molecule has 3 aromatic carbocycles. The molecule has 7 rings (SSSR count). The summed E-state index contributed by atoms with van der Waals surface area (Å²) in [5, 5.41) is 12.6. The van der Waals surface area contributed by atoms with Gasteiger partial charge >= 0.3 is 0 Å². The molecular weight excluding hydrogens is 470 g/mol. The second-order valence-electron chi connectivity index (χ2n) is 9.09. The molecule has 1 saturated heterocycles. The number of benzene rings is 3. The number of thioether (sulfide) groups is 1. The van der Waals surface area contributed by atoms with Crippen molar-refractivity contribution in [1.29, 1.82) is 5.26 Å². The Morgan fingerprint density at radius 3 is 2.89 bits per heavy atom. The van der Waals surface area contributed by atoms with Gasteiger partial charge in [0, 0.05) is 49.1 Å². The van der Waals surface area contributed by atoms with E-state index in [0.29, 0.717) is 30.2 Å². The minimum absolute atomic E-state index is 0.0924. The fraction of sp³-hybridized carbons (Fsp3) is 0.250. The van der Waals surface area contributed by atoms with Gasteiger partial charge in [0.2, 0.25) is 5.91 Å². The fourth-order valence-corrected chi connectivity index (χ4v) is 5.67. The SMILES string of the molecule is N#Cc1ccc2cc1Oc1ccc3cccc(c3c1)N1CCN(CCc3cnc([nH]3)SCC2)CC1=O. The summed E-state index contributed by atoms with van der Waals surface area (Å²) in [5.74, 6) is 2.13. The van der Waals surface area contributed by atoms with Crippen LogP contribution in [0.2, 0.25) is 0 Å². The third-order valence-corrected chi connectivity index (χ3v) is 7.64. The molecule has 1 atom stereocenters. The van der Waals surface area contributed by atoms with Crippen LogP contribution in [0.3, 0.4) is 0 Å². The number of nitrogens with one attached hydrogen (secondary N) is 1. The number of aromatic nitrogens is 2. The molecule has 180 valence electrons. The molecule has 8 bridgehead atoms. The van der Waals surface area contributed by atoms with Crippen LogP contribution in [0.15, 0.2) is 66.0 Å². The van der Waals surface area contributed by atoms with E-state index >= 15 is 0 Å². The maximum Gasteiger partial charge on any atom is 0.241 e. The highest BCUT2D eigenvalue weighted by Gasteiger charge is 2.26. The number of aromatic amines is 1. The first-order valence-electron chi connectivity index (χ1n) is 12.1. The number of nitriles is 1. The zero-order valence-electron chi connectivity index (χ0n) is 19.7. The molecule has 7 nitrogen and oxygen atoms in total. The molecule has 0 radical (unpaired) electrons. The first-order valence-corrected chi connectivity index (χ1v) is 13.1. The average molecular weight is 496 g/mol. The predicted molar refractivity (Wildman–Crippen MR) is 141 cm³/mol. The largest absolute Gasteiger partial charge is 0.456 e. The lowest BCUT2D eigenvalue weighted by atomic mass is 10.1. The van der Waals surface area contributed by atoms with Gasteiger partial charge in [-0.25, -0.2) is 4.98 Å². The summed E-state index contributed by atoms with van der Waals surface area (Å²) in [4.78, 5) is 25.2. The van der Waals surface area contributed by atoms with E-state index in [4.69, 9.17) is 4.74 Å². The standard InChI is InChI=1S/C28H25N5O2S/c29-16-21-5-4-19-9-13-36-28-30-17-22(31-28)8-10-32-11-12-33(27(34)18-32)25-3-1-2-20-6-7-23(15-24(20)25)35-26(21)14-19/h1-7,14-15,17H,8-13,18H2,(H,30,31). The monoisotopic (exact) mass is 495 g/mol. The highest BCUT2D eigenvalue weighted by Crippen LogP contribution is 2.34. The van der Waals surface area contributed by atoms with E-state index < -0.39 is 0 Å². The lowest BCUT2D eigenvalue weighted by Crippen LogP contribution is -2.51. The summed E-state index contributed by atoms with van der Waals surface area (Å²) in [5.41, 5.74) is 3.56. The van der Waals surface area contributed by atoms with Crippen molar-refractivity contribution in [3.63, 3.8) is 0 Å². The van der Waals surface area contributed by atoms with Crippen molar-refractivity contribution >= 4 is 34.1 Å². The van der Waals surface area contributed by atoms with E-state index in [2.05, 4.69) is 20.9 Å². The van der Waals surface area contributed by atoms with Crippen LogP contribution < -0.4 is 9.64 Å². The number of imidazole rings is 1. The third-order valence-electron chi connectivity index (χ3n) is 6.75. The van der Waals surface area contributed by atoms with Crippen molar-refractivity contribution < 1.29 is 9.53 Å². The van der Waals surface area contributed by atoms with Gasteiger partial charge in [-0.3, -0.25) is 9.69 Å². The lowest BCUT2D eigenvalue weighted by Gasteiger charge is -2.34. The summed E-state index contributed by atoms with van der Waals surface area (Å²) >= 11 is 1.68. The molecule has 36 heavy (non-hydrogen) atoms. The Kier molecular flexibility index (Phi) is 6.09. The molecule has 0 aliphatic carbocycles. The van der Waals surface area contributed by atoms with E-state index in [1.807, 2.05) is 65.7 Å². The number of fused-ring (bicyclic) bond motifs is 5. The molecule has 8 heteroatoms. The van der Waals surface area contributed by atoms with E-state index in [1.165, 1.54) is 0 Å². The van der Waals surface area contributed by atoms with Crippen molar-refractivity contribution in [2.24, 2.45) is 0 Å². The van der Waals surface area contributed by atoms with Gasteiger partial charge in [-0.2, -0.15) is 5.26 Å². The quantitative estimate of drug-likeness (QED) is 0.378. The maximum atomic E-state index is 13.2. The Balaban J connectivity index is 1.40. The Labute approximate surface area is 213 Å². The van der Waals surface area contributed by atoms with Gasteiger partial charge in [0.1, 0.15) is 17.6 Å². The Morgan fingerprint density at radius 1 is 1.06 bits per heavy atom. The summed E-state index contributed by atoms with van der Waals surface area (Å²) in [7, 11) is 0. The molecule has 0 saturated carbocycles. The molecule has 1 amide bonds. The Hall–Kier alpha value is -3.80. The number of hydrogen-bond donors (Lipinski definition) is 1. The number of H-pyrrole nitrogens is 1. The zero-order valence-corrected chi connectivity index (χ0v) is 20.6. The summed E-state index contributed by atoms with van der Waals surface area (Å²) in [6.45, 7) is 2.65. The van der Waals surface area contributed by atoms with Crippen molar-refractivity contribution in [2.45, 2.75) is 18.0 Å². The second kappa shape index (κ2) is 9.69. The van der Waals surface area contributed by atoms with Crippen LogP contribution in [0.4, 0.5) is 5.69 Å². The number of hydrogen-bond acceptors (Lipinski definition) is 6. The smallest absolute Gasteiger partial charge is 0.241 e. The predicted octanol–water partition coefficient (Wildman–Crippen LogP) is 4.77. The molecule has 0 spiro atoms. The number of carbonyl (C=O) groups excluding carboxylic acids is 1. The molecule has 3 aliphatic heterocycles. The fourth-order valence-electron chi connectivity index (χ4n) is 4.81. The number of piperazine rings is 1. The zero-order chi connectivity index (χ0) is 24.5. The number of ether oxygens (including phenoxy) is 1. The van der Waals surface area contributed by atoms with Crippen LogP contribution in [0.5, 0.6) is 11.5 Å². The van der Waals surface area contributed by atoms with Crippen LogP contribution >= 0.6 is 11.8 Å². The molecule has 4 aromatic rings. The third kappa shape index (κ3) is 4.55. The van der Waals surface area contributed by atoms with E-state index in [9.17, 15) is 10.1 Å². The van der Waals surface area contributed by atoms with E-state index in [0.717, 1.165) is 64.6 Å². The number of anilines is 1. The summed E-state index contributed by atoms with van der Waals surface area (Å²) in [6, 6.07) is 19.9. The number of carbonyl (C=O) groups is 1. The van der Waals surface area contributed by atoms with Gasteiger partial charge in [-0.05, 0) is 47.7 Å². The maximum absolute atomic E-state index is 13.2. The van der Waals surface area contributed by atoms with Gasteiger partial charge < -0.3 is 14.6 Å². The molecular formula is C28H25N5O2S. The second-order valence-corrected chi connectivity index (χ2v) is 10.2. The van der Waals surface area contributed by atoms with Gasteiger partial charge in [-0.1, -0.05) is 36.0 Å². The van der Waals surface area contributed by atoms with Gasteiger partial charge in [0.25, 0.3) is 0 Å². The molecule has 1 N–H and O–H groups in total. The highest BCUT2D eigenvalue weighted by atomic mass is 32.2. The van der Waals surface area contributed by atoms with Crippen molar-refractivity contribution in [2.75, 3.05) is 36.8 Å². The van der Waals surface area contributed by atoms with Crippen molar-refractivity contribution in [3.8, 4) is 17.6 Å². The highest BCUT2D eigenvalue weighted by molar-refractivity contribution is 7.99. The summed E-state index contributed by atoms with van der Waals surface area (Å²) in [6.07, 6.45) is 3.55. The first kappa shape index (κ1) is 22.7. The topological polar surface area (TPSA) is 85.2 Å². The van der Waals surface area contributed by atoms with E-state index in [-0.39, 0.29) is 5.91 Å². The van der Waals surface area contributed by atoms with Crippen LogP contribution in [0.1, 0.15) is 16.8 Å². The molecule has 1 aromatic heterocycles. The van der Waals surface area contributed by atoms with Crippen LogP contribution in [-0.4, -0.2) is 52.7 Å². The Morgan fingerprint density at radius 2 is 2.00 bits per heavy atom. The number of rotatable bonds is 0. The van der Waals surface area contributed by atoms with Crippen LogP contribution in [-0.2, 0) is 17.6 Å². The van der Waals surface area contributed by atoms with Crippen molar-refractivity contribution in [3.05, 3.63) is 77.6 Å². The van der Waals surface area contributed by atoms with Crippen LogP contribution in [0.25, 0.3) is 10.8 Å². The molecule has 3 aliphatic rings. The number of aryl methyl sites for hydroxylation is 1. The van der Waals surface area contributed by atoms with E-state index in [1.54, 1.807) is 11.8 Å². The normalized spacial score (nSPS) is 18.1. The minimum Gasteiger partial charge on any atom is -0.456 e. The van der Waals surface area contributed by atoms with Crippen LogP contribution in [0, 0.1) is 11.3 Å².